The Morgan fingerprint density at radius 2 is 1.79 bits per heavy atom. The highest BCUT2D eigenvalue weighted by atomic mass is 32.1. The molecule has 0 fully saturated rings. The first-order valence-electron chi connectivity index (χ1n) is 13.2. The molecule has 0 aliphatic carbocycles. The lowest BCUT2D eigenvalue weighted by Gasteiger charge is -2.27. The van der Waals surface area contributed by atoms with Crippen LogP contribution < -0.4 is 4.74 Å². The molecule has 4 rings (SSSR count). The van der Waals surface area contributed by atoms with E-state index < -0.39 is 5.60 Å². The van der Waals surface area contributed by atoms with Crippen LogP contribution in [0.15, 0.2) is 58.5 Å². The monoisotopic (exact) mass is 547 g/mol. The van der Waals surface area contributed by atoms with E-state index in [9.17, 15) is 4.79 Å². The maximum Gasteiger partial charge on any atom is 0.349 e. The van der Waals surface area contributed by atoms with Gasteiger partial charge >= 0.3 is 5.97 Å². The van der Waals surface area contributed by atoms with E-state index in [1.165, 1.54) is 5.56 Å². The van der Waals surface area contributed by atoms with Gasteiger partial charge in [-0.3, -0.25) is 4.90 Å². The standard InChI is InChI=1S/C31H37N3O4S/c1-7-36-30(35)31(5,6)38-28-21(2)17-24(18-22(28)3)19-34(20-27-32-14-16-39-27)15-13-26-23(4)37-29(33-26)25-11-9-8-10-12-25/h8-12,14,16-18H,7,13,15,19-20H2,1-6H3. The number of hydrogen-bond acceptors (Lipinski definition) is 8. The lowest BCUT2D eigenvalue weighted by atomic mass is 10.0. The number of aromatic nitrogens is 2. The molecule has 0 saturated carbocycles. The molecule has 0 unspecified atom stereocenters. The minimum Gasteiger partial charge on any atom is -0.476 e. The van der Waals surface area contributed by atoms with Crippen LogP contribution in [0.5, 0.6) is 5.75 Å². The van der Waals surface area contributed by atoms with Crippen LogP contribution in [0, 0.1) is 20.8 Å². The van der Waals surface area contributed by atoms with Crippen LogP contribution in [0.25, 0.3) is 11.5 Å². The molecule has 0 aliphatic heterocycles. The molecule has 39 heavy (non-hydrogen) atoms. The molecule has 4 aromatic rings. The highest BCUT2D eigenvalue weighted by Gasteiger charge is 2.32. The van der Waals surface area contributed by atoms with Gasteiger partial charge in [-0.25, -0.2) is 14.8 Å². The van der Waals surface area contributed by atoms with Crippen molar-refractivity contribution in [3.63, 3.8) is 0 Å². The Balaban J connectivity index is 1.50. The molecule has 2 aromatic carbocycles. The van der Waals surface area contributed by atoms with Gasteiger partial charge in [0.1, 0.15) is 16.5 Å². The Morgan fingerprint density at radius 3 is 2.44 bits per heavy atom. The number of esters is 1. The van der Waals surface area contributed by atoms with Crippen molar-refractivity contribution in [2.75, 3.05) is 13.2 Å². The van der Waals surface area contributed by atoms with E-state index in [0.29, 0.717) is 12.5 Å². The van der Waals surface area contributed by atoms with E-state index >= 15 is 0 Å². The number of rotatable bonds is 12. The number of benzene rings is 2. The van der Waals surface area contributed by atoms with Gasteiger partial charge in [-0.2, -0.15) is 0 Å². The Bertz CT molecular complexity index is 1360. The second-order valence-electron chi connectivity index (χ2n) is 10.2. The number of ether oxygens (including phenoxy) is 2. The molecular weight excluding hydrogens is 510 g/mol. The van der Waals surface area contributed by atoms with Crippen LogP contribution in [0.4, 0.5) is 0 Å². The van der Waals surface area contributed by atoms with Gasteiger partial charge in [0.05, 0.1) is 18.8 Å². The summed E-state index contributed by atoms with van der Waals surface area (Å²) < 4.78 is 17.3. The summed E-state index contributed by atoms with van der Waals surface area (Å²) in [4.78, 5) is 24.1. The average Bonchev–Trinajstić information content (AvgIpc) is 3.55. The predicted octanol–water partition coefficient (Wildman–Crippen LogP) is 6.69. The van der Waals surface area contributed by atoms with Gasteiger partial charge in [-0.05, 0) is 70.4 Å². The molecule has 0 bridgehead atoms. The normalized spacial score (nSPS) is 11.7. The summed E-state index contributed by atoms with van der Waals surface area (Å²) >= 11 is 1.66. The van der Waals surface area contributed by atoms with E-state index in [0.717, 1.165) is 65.0 Å². The number of oxazole rings is 1. The van der Waals surface area contributed by atoms with Gasteiger partial charge in [0.25, 0.3) is 0 Å². The summed E-state index contributed by atoms with van der Waals surface area (Å²) in [6, 6.07) is 14.2. The topological polar surface area (TPSA) is 77.7 Å². The van der Waals surface area contributed by atoms with Crippen molar-refractivity contribution >= 4 is 17.3 Å². The summed E-state index contributed by atoms with van der Waals surface area (Å²) in [6.45, 7) is 13.9. The molecule has 0 N–H and O–H groups in total. The van der Waals surface area contributed by atoms with Crippen molar-refractivity contribution in [2.45, 2.75) is 66.7 Å². The smallest absolute Gasteiger partial charge is 0.349 e. The van der Waals surface area contributed by atoms with E-state index in [2.05, 4.69) is 22.0 Å². The zero-order chi connectivity index (χ0) is 28.0. The number of carbonyl (C=O) groups is 1. The first-order valence-corrected chi connectivity index (χ1v) is 14.1. The fraction of sp³-hybridized carbons (Fsp3) is 0.387. The molecule has 0 radical (unpaired) electrons. The van der Waals surface area contributed by atoms with E-state index in [1.807, 2.05) is 62.7 Å². The van der Waals surface area contributed by atoms with Gasteiger partial charge in [0, 0.05) is 36.7 Å². The highest BCUT2D eigenvalue weighted by Crippen LogP contribution is 2.30. The number of aryl methyl sites for hydroxylation is 3. The molecule has 7 nitrogen and oxygen atoms in total. The Morgan fingerprint density at radius 1 is 1.08 bits per heavy atom. The summed E-state index contributed by atoms with van der Waals surface area (Å²) in [5, 5.41) is 3.08. The molecule has 0 atom stereocenters. The van der Waals surface area contributed by atoms with Crippen molar-refractivity contribution in [3.8, 4) is 17.2 Å². The zero-order valence-corrected chi connectivity index (χ0v) is 24.4. The second-order valence-corrected chi connectivity index (χ2v) is 11.1. The predicted molar refractivity (Wildman–Crippen MR) is 154 cm³/mol. The minimum absolute atomic E-state index is 0.318. The van der Waals surface area contributed by atoms with Gasteiger partial charge in [0.2, 0.25) is 5.89 Å². The summed E-state index contributed by atoms with van der Waals surface area (Å²) in [5.41, 5.74) is 4.01. The summed E-state index contributed by atoms with van der Waals surface area (Å²) in [7, 11) is 0. The Labute approximate surface area is 234 Å². The van der Waals surface area contributed by atoms with Gasteiger partial charge in [-0.1, -0.05) is 30.3 Å². The molecule has 0 saturated heterocycles. The maximum absolute atomic E-state index is 12.4. The van der Waals surface area contributed by atoms with Crippen LogP contribution in [0.2, 0.25) is 0 Å². The molecule has 0 spiro atoms. The minimum atomic E-state index is -1.07. The maximum atomic E-state index is 12.4. The van der Waals surface area contributed by atoms with Crippen molar-refractivity contribution < 1.29 is 18.7 Å². The number of carbonyl (C=O) groups excluding carboxylic acids is 1. The molecule has 8 heteroatoms. The molecule has 0 amide bonds. The van der Waals surface area contributed by atoms with Crippen LogP contribution >= 0.6 is 11.3 Å². The van der Waals surface area contributed by atoms with E-state index in [4.69, 9.17) is 18.9 Å². The van der Waals surface area contributed by atoms with E-state index in [-0.39, 0.29) is 5.97 Å². The summed E-state index contributed by atoms with van der Waals surface area (Å²) in [5.74, 6) is 1.85. The van der Waals surface area contributed by atoms with Crippen LogP contribution in [-0.4, -0.2) is 39.6 Å². The lowest BCUT2D eigenvalue weighted by Crippen LogP contribution is -2.40. The third-order valence-electron chi connectivity index (χ3n) is 6.47. The Kier molecular flexibility index (Phi) is 9.20. The van der Waals surface area contributed by atoms with Crippen molar-refractivity contribution in [1.82, 2.24) is 14.9 Å². The number of nitrogens with zero attached hydrogens (tertiary/aromatic N) is 3. The molecule has 2 heterocycles. The molecule has 206 valence electrons. The number of thiazole rings is 1. The SMILES string of the molecule is CCOC(=O)C(C)(C)Oc1c(C)cc(CN(CCc2nc(-c3ccccc3)oc2C)Cc2nccs2)cc1C. The molecule has 0 aliphatic rings. The van der Waals surface area contributed by atoms with Crippen LogP contribution in [0.3, 0.4) is 0 Å². The fourth-order valence-electron chi connectivity index (χ4n) is 4.52. The number of hydrogen-bond donors (Lipinski definition) is 0. The van der Waals surface area contributed by atoms with Gasteiger partial charge in [-0.15, -0.1) is 11.3 Å². The van der Waals surface area contributed by atoms with Crippen molar-refractivity contribution in [2.24, 2.45) is 0 Å². The summed E-state index contributed by atoms with van der Waals surface area (Å²) in [6.07, 6.45) is 2.61. The second kappa shape index (κ2) is 12.6. The van der Waals surface area contributed by atoms with E-state index in [1.54, 1.807) is 32.1 Å². The van der Waals surface area contributed by atoms with Crippen LogP contribution in [0.1, 0.15) is 53.9 Å². The van der Waals surface area contributed by atoms with Gasteiger partial charge in [0.15, 0.2) is 5.60 Å². The molecular formula is C31H37N3O4S. The quantitative estimate of drug-likeness (QED) is 0.183. The third-order valence-corrected chi connectivity index (χ3v) is 7.24. The average molecular weight is 548 g/mol. The highest BCUT2D eigenvalue weighted by molar-refractivity contribution is 7.09. The van der Waals surface area contributed by atoms with Crippen LogP contribution in [-0.2, 0) is 29.0 Å². The zero-order valence-electron chi connectivity index (χ0n) is 23.6. The first-order chi connectivity index (χ1) is 18.7. The molecule has 2 aromatic heterocycles. The largest absolute Gasteiger partial charge is 0.476 e. The lowest BCUT2D eigenvalue weighted by molar-refractivity contribution is -0.158. The van der Waals surface area contributed by atoms with Crippen molar-refractivity contribution in [1.29, 1.82) is 0 Å². The van der Waals surface area contributed by atoms with Crippen molar-refractivity contribution in [3.05, 3.63) is 87.2 Å². The van der Waals surface area contributed by atoms with Gasteiger partial charge < -0.3 is 13.9 Å². The first kappa shape index (κ1) is 28.5. The fourth-order valence-corrected chi connectivity index (χ4v) is 5.17. The Hall–Kier alpha value is -3.49. The third kappa shape index (κ3) is 7.34.